The highest BCUT2D eigenvalue weighted by Crippen LogP contribution is 2.21. The summed E-state index contributed by atoms with van der Waals surface area (Å²) in [4.78, 5) is 3.93. The first-order valence-corrected chi connectivity index (χ1v) is 8.60. The van der Waals surface area contributed by atoms with Crippen molar-refractivity contribution in [1.82, 2.24) is 9.71 Å². The number of hydrogen-bond acceptors (Lipinski definition) is 3. The van der Waals surface area contributed by atoms with Gasteiger partial charge >= 0.3 is 0 Å². The Morgan fingerprint density at radius 1 is 1.10 bits per heavy atom. The lowest BCUT2D eigenvalue weighted by atomic mass is 10.0. The van der Waals surface area contributed by atoms with Crippen LogP contribution in [0.1, 0.15) is 37.8 Å². The molecule has 1 aromatic carbocycles. The van der Waals surface area contributed by atoms with E-state index in [0.29, 0.717) is 0 Å². The van der Waals surface area contributed by atoms with Crippen molar-refractivity contribution in [1.29, 1.82) is 0 Å². The molecule has 112 valence electrons. The maximum atomic E-state index is 12.4. The highest BCUT2D eigenvalue weighted by molar-refractivity contribution is 7.89. The summed E-state index contributed by atoms with van der Waals surface area (Å²) in [6.07, 6.45) is 4.24. The fourth-order valence-corrected chi connectivity index (χ4v) is 3.35. The quantitative estimate of drug-likeness (QED) is 0.854. The summed E-state index contributed by atoms with van der Waals surface area (Å²) >= 11 is 0. The molecule has 0 unspecified atom stereocenters. The first kappa shape index (κ1) is 15.7. The molecule has 1 aromatic heterocycles. The molecule has 1 atom stereocenters. The van der Waals surface area contributed by atoms with Crippen LogP contribution in [0.5, 0.6) is 0 Å². The molecule has 0 amide bonds. The molecule has 21 heavy (non-hydrogen) atoms. The highest BCUT2D eigenvalue weighted by atomic mass is 32.2. The van der Waals surface area contributed by atoms with Gasteiger partial charge in [0.2, 0.25) is 0 Å². The fourth-order valence-electron chi connectivity index (χ4n) is 2.14. The molecule has 5 heteroatoms. The number of pyridine rings is 1. The average molecular weight is 304 g/mol. The smallest absolute Gasteiger partial charge is 0.243 e. The van der Waals surface area contributed by atoms with Crippen LogP contribution < -0.4 is 4.72 Å². The maximum Gasteiger partial charge on any atom is 0.258 e. The molecule has 2 aromatic rings. The van der Waals surface area contributed by atoms with Gasteiger partial charge in [-0.1, -0.05) is 56.2 Å². The molecule has 0 fully saturated rings. The SMILES string of the molecule is CCCC[C@H](NS(=O)(=O)c1ccccn1)c1ccccc1. The average Bonchev–Trinajstić information content (AvgIpc) is 2.53. The summed E-state index contributed by atoms with van der Waals surface area (Å²) in [5.74, 6) is 0. The Bertz CT molecular complexity index is 642. The van der Waals surface area contributed by atoms with Gasteiger partial charge in [-0.3, -0.25) is 0 Å². The number of rotatable bonds is 7. The number of unbranched alkanes of at least 4 members (excludes halogenated alkanes) is 1. The van der Waals surface area contributed by atoms with E-state index in [9.17, 15) is 8.42 Å². The Morgan fingerprint density at radius 2 is 1.81 bits per heavy atom. The predicted molar refractivity (Wildman–Crippen MR) is 83.3 cm³/mol. The zero-order chi connectivity index (χ0) is 15.1. The summed E-state index contributed by atoms with van der Waals surface area (Å²) < 4.78 is 27.6. The summed E-state index contributed by atoms with van der Waals surface area (Å²) in [6, 6.07) is 14.3. The Morgan fingerprint density at radius 3 is 2.43 bits per heavy atom. The van der Waals surface area contributed by atoms with Crippen LogP contribution >= 0.6 is 0 Å². The summed E-state index contributed by atoms with van der Waals surface area (Å²) in [5, 5.41) is 0.0578. The van der Waals surface area contributed by atoms with E-state index < -0.39 is 10.0 Å². The number of nitrogens with one attached hydrogen (secondary N) is 1. The van der Waals surface area contributed by atoms with E-state index in [-0.39, 0.29) is 11.1 Å². The third-order valence-corrected chi connectivity index (χ3v) is 4.65. The van der Waals surface area contributed by atoms with Crippen molar-refractivity contribution in [2.75, 3.05) is 0 Å². The van der Waals surface area contributed by atoms with E-state index in [0.717, 1.165) is 24.8 Å². The highest BCUT2D eigenvalue weighted by Gasteiger charge is 2.21. The van der Waals surface area contributed by atoms with E-state index >= 15 is 0 Å². The van der Waals surface area contributed by atoms with Gasteiger partial charge in [-0.25, -0.2) is 18.1 Å². The lowest BCUT2D eigenvalue weighted by Gasteiger charge is -2.18. The van der Waals surface area contributed by atoms with Gasteiger partial charge in [0.15, 0.2) is 5.03 Å². The van der Waals surface area contributed by atoms with Crippen molar-refractivity contribution < 1.29 is 8.42 Å². The lowest BCUT2D eigenvalue weighted by molar-refractivity contribution is 0.523. The van der Waals surface area contributed by atoms with Crippen LogP contribution in [-0.4, -0.2) is 13.4 Å². The van der Waals surface area contributed by atoms with Gasteiger partial charge in [-0.15, -0.1) is 0 Å². The van der Waals surface area contributed by atoms with Gasteiger partial charge in [0.25, 0.3) is 10.0 Å². The Hall–Kier alpha value is -1.72. The van der Waals surface area contributed by atoms with E-state index in [2.05, 4.69) is 16.6 Å². The molecule has 0 saturated carbocycles. The largest absolute Gasteiger partial charge is 0.258 e. The van der Waals surface area contributed by atoms with Crippen LogP contribution in [-0.2, 0) is 10.0 Å². The minimum Gasteiger partial charge on any atom is -0.243 e. The van der Waals surface area contributed by atoms with Crippen LogP contribution in [0.3, 0.4) is 0 Å². The van der Waals surface area contributed by atoms with E-state index in [1.54, 1.807) is 12.1 Å². The van der Waals surface area contributed by atoms with Crippen molar-refractivity contribution >= 4 is 10.0 Å². The van der Waals surface area contributed by atoms with Crippen molar-refractivity contribution in [2.24, 2.45) is 0 Å². The zero-order valence-corrected chi connectivity index (χ0v) is 12.9. The molecule has 0 aliphatic heterocycles. The normalized spacial score (nSPS) is 13.0. The molecule has 1 N–H and O–H groups in total. The van der Waals surface area contributed by atoms with Crippen molar-refractivity contribution in [2.45, 2.75) is 37.3 Å². The molecular weight excluding hydrogens is 284 g/mol. The number of hydrogen-bond donors (Lipinski definition) is 1. The third-order valence-electron chi connectivity index (χ3n) is 3.26. The van der Waals surface area contributed by atoms with Crippen LogP contribution in [0.4, 0.5) is 0 Å². The second kappa shape index (κ2) is 7.33. The lowest BCUT2D eigenvalue weighted by Crippen LogP contribution is -2.29. The second-order valence-electron chi connectivity index (χ2n) is 4.89. The van der Waals surface area contributed by atoms with Gasteiger partial charge in [-0.2, -0.15) is 0 Å². The van der Waals surface area contributed by atoms with Crippen molar-refractivity contribution in [3.05, 3.63) is 60.3 Å². The van der Waals surface area contributed by atoms with Gasteiger partial charge in [0, 0.05) is 12.2 Å². The summed E-state index contributed by atoms with van der Waals surface area (Å²) in [7, 11) is -3.60. The molecule has 0 radical (unpaired) electrons. The molecular formula is C16H20N2O2S. The van der Waals surface area contributed by atoms with E-state index in [1.807, 2.05) is 30.3 Å². The molecule has 0 aliphatic carbocycles. The Balaban J connectivity index is 2.23. The number of nitrogens with zero attached hydrogens (tertiary/aromatic N) is 1. The topological polar surface area (TPSA) is 59.1 Å². The minimum absolute atomic E-state index is 0.0578. The van der Waals surface area contributed by atoms with E-state index in [1.165, 1.54) is 12.3 Å². The fraction of sp³-hybridized carbons (Fsp3) is 0.312. The van der Waals surface area contributed by atoms with Crippen molar-refractivity contribution in [3.8, 4) is 0 Å². The van der Waals surface area contributed by atoms with E-state index in [4.69, 9.17) is 0 Å². The monoisotopic (exact) mass is 304 g/mol. The van der Waals surface area contributed by atoms with Crippen molar-refractivity contribution in [3.63, 3.8) is 0 Å². The summed E-state index contributed by atoms with van der Waals surface area (Å²) in [5.41, 5.74) is 0.977. The Labute approximate surface area is 126 Å². The zero-order valence-electron chi connectivity index (χ0n) is 12.1. The van der Waals surface area contributed by atoms with Crippen LogP contribution in [0.2, 0.25) is 0 Å². The molecule has 4 nitrogen and oxygen atoms in total. The maximum absolute atomic E-state index is 12.4. The second-order valence-corrected chi connectivity index (χ2v) is 6.56. The molecule has 0 aliphatic rings. The first-order valence-electron chi connectivity index (χ1n) is 7.12. The number of sulfonamides is 1. The molecule has 0 saturated heterocycles. The van der Waals surface area contributed by atoms with Gasteiger partial charge in [0.1, 0.15) is 0 Å². The standard InChI is InChI=1S/C16H20N2O2S/c1-2-3-11-15(14-9-5-4-6-10-14)18-21(19,20)16-12-7-8-13-17-16/h4-10,12-13,15,18H,2-3,11H2,1H3/t15-/m0/s1. The number of aromatic nitrogens is 1. The minimum atomic E-state index is -3.60. The molecule has 1 heterocycles. The van der Waals surface area contributed by atoms with Crippen LogP contribution in [0, 0.1) is 0 Å². The third kappa shape index (κ3) is 4.37. The molecule has 0 bridgehead atoms. The molecule has 2 rings (SSSR count). The van der Waals surface area contributed by atoms with Crippen LogP contribution in [0.15, 0.2) is 59.8 Å². The van der Waals surface area contributed by atoms with Gasteiger partial charge in [-0.05, 0) is 24.1 Å². The number of benzene rings is 1. The first-order chi connectivity index (χ1) is 10.1. The Kier molecular flexibility index (Phi) is 5.47. The predicted octanol–water partition coefficient (Wildman–Crippen LogP) is 3.29. The summed E-state index contributed by atoms with van der Waals surface area (Å²) in [6.45, 7) is 2.09. The molecule has 0 spiro atoms. The van der Waals surface area contributed by atoms with Gasteiger partial charge < -0.3 is 0 Å². The van der Waals surface area contributed by atoms with Gasteiger partial charge in [0.05, 0.1) is 0 Å². The van der Waals surface area contributed by atoms with Crippen LogP contribution in [0.25, 0.3) is 0 Å².